The number of aliphatic hydroxyl groups is 1. The first kappa shape index (κ1) is 21.8. The van der Waals surface area contributed by atoms with Gasteiger partial charge in [-0.05, 0) is 42.7 Å². The number of benzene rings is 1. The van der Waals surface area contributed by atoms with Crippen molar-refractivity contribution in [3.8, 4) is 11.5 Å². The fourth-order valence-electron chi connectivity index (χ4n) is 3.03. The quantitative estimate of drug-likeness (QED) is 0.387. The molecule has 3 rings (SSSR count). The second-order valence-electron chi connectivity index (χ2n) is 6.89. The molecule has 2 unspecified atom stereocenters. The van der Waals surface area contributed by atoms with E-state index in [-0.39, 0.29) is 29.5 Å². The maximum atomic E-state index is 12.4. The van der Waals surface area contributed by atoms with Gasteiger partial charge in [-0.3, -0.25) is 9.59 Å². The van der Waals surface area contributed by atoms with Gasteiger partial charge in [-0.1, -0.05) is 6.07 Å². The molecule has 1 aliphatic rings. The molecule has 5 N–H and O–H groups in total. The Morgan fingerprint density at radius 3 is 2.73 bits per heavy atom. The summed E-state index contributed by atoms with van der Waals surface area (Å²) < 4.78 is 5.10. The van der Waals surface area contributed by atoms with Crippen molar-refractivity contribution in [2.24, 2.45) is 0 Å². The van der Waals surface area contributed by atoms with Gasteiger partial charge in [-0.15, -0.1) is 11.3 Å². The van der Waals surface area contributed by atoms with E-state index in [1.165, 1.54) is 34.4 Å². The van der Waals surface area contributed by atoms with Crippen molar-refractivity contribution in [3.05, 3.63) is 45.1 Å². The Hall–Kier alpha value is -2.95. The Labute approximate surface area is 176 Å². The monoisotopic (exact) mass is 434 g/mol. The normalized spacial score (nSPS) is 15.0. The summed E-state index contributed by atoms with van der Waals surface area (Å²) in [5, 5.41) is 35.3. The van der Waals surface area contributed by atoms with Gasteiger partial charge in [0.1, 0.15) is 0 Å². The topological polar surface area (TPSA) is 145 Å². The van der Waals surface area contributed by atoms with Crippen molar-refractivity contribution in [2.75, 3.05) is 13.1 Å². The molecule has 0 aliphatic carbocycles. The molecular weight excluding hydrogens is 412 g/mol. The molecule has 2 aromatic rings. The molecule has 1 aromatic heterocycles. The molecule has 0 spiro atoms. The number of aliphatic hydroxyl groups excluding tert-OH is 1. The predicted octanol–water partition coefficient (Wildman–Crippen LogP) is 0.984. The summed E-state index contributed by atoms with van der Waals surface area (Å²) in [4.78, 5) is 36.7. The zero-order valence-electron chi connectivity index (χ0n) is 16.2. The van der Waals surface area contributed by atoms with Crippen molar-refractivity contribution >= 4 is 29.0 Å². The van der Waals surface area contributed by atoms with Crippen LogP contribution in [0.3, 0.4) is 0 Å². The summed E-state index contributed by atoms with van der Waals surface area (Å²) in [6, 6.07) is 5.71. The van der Waals surface area contributed by atoms with Crippen LogP contribution in [-0.2, 0) is 22.6 Å². The largest absolute Gasteiger partial charge is 0.504 e. The Kier molecular flexibility index (Phi) is 6.70. The fraction of sp³-hybridized carbons (Fsp3) is 0.350. The number of amides is 1. The van der Waals surface area contributed by atoms with Gasteiger partial charge in [0, 0.05) is 24.5 Å². The fourth-order valence-corrected chi connectivity index (χ4v) is 4.12. The van der Waals surface area contributed by atoms with Crippen LogP contribution < -0.4 is 15.4 Å². The average Bonchev–Trinajstić information content (AvgIpc) is 3.15. The van der Waals surface area contributed by atoms with E-state index < -0.39 is 24.0 Å². The molecule has 0 bridgehead atoms. The molecule has 2 heterocycles. The van der Waals surface area contributed by atoms with E-state index in [1.807, 2.05) is 6.07 Å². The molecule has 2 atom stereocenters. The summed E-state index contributed by atoms with van der Waals surface area (Å²) in [6.45, 7) is 2.57. The van der Waals surface area contributed by atoms with Crippen molar-refractivity contribution in [1.82, 2.24) is 10.6 Å². The number of ether oxygens (including phenoxy) is 1. The molecule has 10 heteroatoms. The van der Waals surface area contributed by atoms with Crippen LogP contribution in [0.5, 0.6) is 11.5 Å². The minimum absolute atomic E-state index is 0.0983. The number of carboxylic acids is 1. The Morgan fingerprint density at radius 2 is 2.07 bits per heavy atom. The highest BCUT2D eigenvalue weighted by molar-refractivity contribution is 7.14. The average molecular weight is 434 g/mol. The van der Waals surface area contributed by atoms with E-state index in [9.17, 15) is 24.6 Å². The summed E-state index contributed by atoms with van der Waals surface area (Å²) in [5.41, 5.74) is 1.39. The van der Waals surface area contributed by atoms with E-state index in [1.54, 1.807) is 0 Å². The van der Waals surface area contributed by atoms with Crippen LogP contribution in [0.2, 0.25) is 0 Å². The van der Waals surface area contributed by atoms with Crippen LogP contribution in [0.4, 0.5) is 0 Å². The number of fused-ring (bicyclic) bond motifs is 1. The minimum Gasteiger partial charge on any atom is -0.504 e. The van der Waals surface area contributed by atoms with Crippen LogP contribution in [0.25, 0.3) is 0 Å². The van der Waals surface area contributed by atoms with Crippen molar-refractivity contribution in [3.63, 3.8) is 0 Å². The standard InChI is InChI=1S/C20H22N2O7S/c1-10(23)18(20(27)28)29-15-6-11(2-3-13(15)24)14(25)9-22-19(26)17-7-12-8-21-5-4-16(12)30-17/h2-3,6-7,14,18,21,24-25H,4-5,8-9H2,1H3,(H,22,26)(H,27,28). The summed E-state index contributed by atoms with van der Waals surface area (Å²) >= 11 is 1.43. The van der Waals surface area contributed by atoms with Crippen LogP contribution in [0.15, 0.2) is 24.3 Å². The first-order valence-electron chi connectivity index (χ1n) is 9.27. The lowest BCUT2D eigenvalue weighted by Gasteiger charge is -2.16. The lowest BCUT2D eigenvalue weighted by atomic mass is 10.1. The number of phenols is 1. The molecule has 1 aliphatic heterocycles. The van der Waals surface area contributed by atoms with E-state index in [0.29, 0.717) is 4.88 Å². The van der Waals surface area contributed by atoms with Crippen molar-refractivity contribution < 1.29 is 34.4 Å². The number of nitrogens with one attached hydrogen (secondary N) is 2. The van der Waals surface area contributed by atoms with Crippen LogP contribution >= 0.6 is 11.3 Å². The molecule has 0 saturated carbocycles. The summed E-state index contributed by atoms with van der Waals surface area (Å²) in [5.74, 6) is -3.16. The van der Waals surface area contributed by atoms with Crippen molar-refractivity contribution in [1.29, 1.82) is 0 Å². The van der Waals surface area contributed by atoms with E-state index in [4.69, 9.17) is 9.84 Å². The van der Waals surface area contributed by atoms with Gasteiger partial charge in [0.05, 0.1) is 11.0 Å². The molecule has 1 aromatic carbocycles. The van der Waals surface area contributed by atoms with E-state index in [2.05, 4.69) is 10.6 Å². The zero-order chi connectivity index (χ0) is 21.8. The number of Topliss-reactive ketones (excluding diaryl/α,β-unsaturated/α-hetero) is 1. The van der Waals surface area contributed by atoms with E-state index >= 15 is 0 Å². The Morgan fingerprint density at radius 1 is 1.30 bits per heavy atom. The molecule has 30 heavy (non-hydrogen) atoms. The molecule has 1 amide bonds. The van der Waals surface area contributed by atoms with Crippen LogP contribution in [0.1, 0.15) is 38.7 Å². The summed E-state index contributed by atoms with van der Waals surface area (Å²) in [6.07, 6.45) is -2.03. The first-order valence-corrected chi connectivity index (χ1v) is 10.1. The minimum atomic E-state index is -1.78. The number of carbonyl (C=O) groups is 3. The highest BCUT2D eigenvalue weighted by Gasteiger charge is 2.26. The number of phenolic OH excluding ortho intramolecular Hbond substituents is 1. The third-order valence-electron chi connectivity index (χ3n) is 4.63. The lowest BCUT2D eigenvalue weighted by Crippen LogP contribution is -2.34. The van der Waals surface area contributed by atoms with Gasteiger partial charge in [-0.25, -0.2) is 4.79 Å². The number of ketones is 1. The van der Waals surface area contributed by atoms with Gasteiger partial charge in [0.15, 0.2) is 17.3 Å². The second-order valence-corrected chi connectivity index (χ2v) is 8.02. The van der Waals surface area contributed by atoms with Crippen LogP contribution in [-0.4, -0.2) is 52.2 Å². The highest BCUT2D eigenvalue weighted by Crippen LogP contribution is 2.30. The smallest absolute Gasteiger partial charge is 0.352 e. The third-order valence-corrected chi connectivity index (χ3v) is 5.86. The maximum Gasteiger partial charge on any atom is 0.352 e. The molecule has 0 fully saturated rings. The molecule has 9 nitrogen and oxygen atoms in total. The lowest BCUT2D eigenvalue weighted by molar-refractivity contribution is -0.149. The molecular formula is C20H22N2O7S. The Balaban J connectivity index is 1.65. The summed E-state index contributed by atoms with van der Waals surface area (Å²) in [7, 11) is 0. The van der Waals surface area contributed by atoms with Gasteiger partial charge in [0.2, 0.25) is 0 Å². The molecule has 0 saturated heterocycles. The number of aliphatic carboxylic acids is 1. The zero-order valence-corrected chi connectivity index (χ0v) is 17.0. The van der Waals surface area contributed by atoms with Gasteiger partial charge >= 0.3 is 5.97 Å². The highest BCUT2D eigenvalue weighted by atomic mass is 32.1. The van der Waals surface area contributed by atoms with Crippen LogP contribution in [0, 0.1) is 0 Å². The maximum absolute atomic E-state index is 12.4. The molecule has 0 radical (unpaired) electrons. The number of aromatic hydroxyl groups is 1. The number of carboxylic acid groups (broad SMARTS) is 1. The van der Waals surface area contributed by atoms with E-state index in [0.717, 1.165) is 32.0 Å². The number of rotatable bonds is 8. The number of carbonyl (C=O) groups excluding carboxylic acids is 2. The van der Waals surface area contributed by atoms with Gasteiger partial charge < -0.3 is 30.7 Å². The predicted molar refractivity (Wildman–Crippen MR) is 108 cm³/mol. The van der Waals surface area contributed by atoms with Gasteiger partial charge in [0.25, 0.3) is 12.0 Å². The molecule has 160 valence electrons. The number of hydrogen-bond donors (Lipinski definition) is 5. The second kappa shape index (κ2) is 9.24. The van der Waals surface area contributed by atoms with Crippen molar-refractivity contribution in [2.45, 2.75) is 32.1 Å². The first-order chi connectivity index (χ1) is 14.3. The Bertz CT molecular complexity index is 935. The number of hydrogen-bond acceptors (Lipinski definition) is 8. The van der Waals surface area contributed by atoms with Gasteiger partial charge in [-0.2, -0.15) is 0 Å². The number of thiophene rings is 1. The SMILES string of the molecule is CC(=O)C(Oc1cc(C(O)CNC(=O)c2cc3c(s2)CCNC3)ccc1O)C(=O)O. The third kappa shape index (κ3) is 4.96.